The maximum Gasteiger partial charge on any atom is 0.0738 e. The number of nitrogens with zero attached hydrogens (tertiary/aromatic N) is 1. The number of pyridine rings is 1. The van der Waals surface area contributed by atoms with E-state index in [9.17, 15) is 0 Å². The molecule has 18 heavy (non-hydrogen) atoms. The first kappa shape index (κ1) is 12.2. The molecule has 0 spiro atoms. The van der Waals surface area contributed by atoms with E-state index in [2.05, 4.69) is 0 Å². The van der Waals surface area contributed by atoms with Crippen molar-refractivity contribution >= 4 is 34.1 Å². The van der Waals surface area contributed by atoms with E-state index in [1.165, 1.54) is 24.1 Å². The number of aryl methyl sites for hydroxylation is 1. The van der Waals surface area contributed by atoms with Gasteiger partial charge in [-0.1, -0.05) is 23.2 Å². The molecule has 0 saturated heterocycles. The predicted octanol–water partition coefficient (Wildman–Crippen LogP) is 3.88. The molecule has 0 radical (unpaired) electrons. The first-order valence-electron chi connectivity index (χ1n) is 6.20. The van der Waals surface area contributed by atoms with E-state index in [1.54, 1.807) is 6.07 Å². The minimum atomic E-state index is 0.503. The number of fused-ring (bicyclic) bond motifs is 2. The number of hydrogen-bond donors (Lipinski definition) is 1. The third-order valence-electron chi connectivity index (χ3n) is 3.60. The molecule has 0 aliphatic heterocycles. The minimum absolute atomic E-state index is 0.503. The molecule has 0 amide bonds. The van der Waals surface area contributed by atoms with E-state index in [-0.39, 0.29) is 0 Å². The third kappa shape index (κ3) is 1.89. The zero-order valence-corrected chi connectivity index (χ0v) is 11.5. The summed E-state index contributed by atoms with van der Waals surface area (Å²) in [4.78, 5) is 4.72. The van der Waals surface area contributed by atoms with Crippen molar-refractivity contribution in [3.8, 4) is 0 Å². The van der Waals surface area contributed by atoms with Crippen LogP contribution in [0, 0.1) is 0 Å². The lowest BCUT2D eigenvalue weighted by molar-refractivity contribution is 0.664. The molecule has 1 heterocycles. The summed E-state index contributed by atoms with van der Waals surface area (Å²) in [6.45, 7) is 0.503. The Labute approximate surface area is 116 Å². The summed E-state index contributed by atoms with van der Waals surface area (Å²) in [5.41, 5.74) is 10.4. The number of aromatic nitrogens is 1. The zero-order chi connectivity index (χ0) is 12.7. The first-order valence-corrected chi connectivity index (χ1v) is 6.95. The Kier molecular flexibility index (Phi) is 3.18. The Morgan fingerprint density at radius 2 is 1.94 bits per heavy atom. The van der Waals surface area contributed by atoms with E-state index < -0.39 is 0 Å². The van der Waals surface area contributed by atoms with Gasteiger partial charge in [0.25, 0.3) is 0 Å². The quantitative estimate of drug-likeness (QED) is 0.861. The topological polar surface area (TPSA) is 38.9 Å². The lowest BCUT2D eigenvalue weighted by Crippen LogP contribution is -2.12. The highest BCUT2D eigenvalue weighted by molar-refractivity contribution is 6.38. The molecule has 1 aromatic carbocycles. The summed E-state index contributed by atoms with van der Waals surface area (Å²) >= 11 is 12.4. The Bertz CT molecular complexity index is 623. The molecule has 1 aliphatic rings. The molecule has 0 bridgehead atoms. The number of rotatable bonds is 1. The lowest BCUT2D eigenvalue weighted by Gasteiger charge is -2.20. The Balaban J connectivity index is 2.40. The van der Waals surface area contributed by atoms with Crippen LogP contribution in [-0.2, 0) is 19.4 Å². The molecule has 94 valence electrons. The summed E-state index contributed by atoms with van der Waals surface area (Å²) in [5, 5.41) is 2.25. The molecule has 1 aromatic heterocycles. The summed E-state index contributed by atoms with van der Waals surface area (Å²) in [6.07, 6.45) is 4.49. The van der Waals surface area contributed by atoms with Gasteiger partial charge in [0.15, 0.2) is 0 Å². The van der Waals surface area contributed by atoms with Gasteiger partial charge in [0.05, 0.1) is 10.5 Å². The zero-order valence-electron chi connectivity index (χ0n) is 9.97. The van der Waals surface area contributed by atoms with E-state index in [0.29, 0.717) is 16.6 Å². The van der Waals surface area contributed by atoms with Crippen molar-refractivity contribution < 1.29 is 0 Å². The highest BCUT2D eigenvalue weighted by Crippen LogP contribution is 2.34. The fourth-order valence-electron chi connectivity index (χ4n) is 2.81. The van der Waals surface area contributed by atoms with Gasteiger partial charge >= 0.3 is 0 Å². The number of benzene rings is 1. The van der Waals surface area contributed by atoms with E-state index in [1.807, 2.05) is 6.07 Å². The summed E-state index contributed by atoms with van der Waals surface area (Å²) in [5.74, 6) is 0. The van der Waals surface area contributed by atoms with Crippen molar-refractivity contribution in [1.29, 1.82) is 0 Å². The van der Waals surface area contributed by atoms with Crippen LogP contribution in [-0.4, -0.2) is 4.98 Å². The van der Waals surface area contributed by atoms with Crippen molar-refractivity contribution in [2.75, 3.05) is 0 Å². The molecule has 0 saturated carbocycles. The second-order valence-corrected chi connectivity index (χ2v) is 5.55. The molecular formula is C14H14Cl2N2. The number of hydrogen-bond acceptors (Lipinski definition) is 2. The monoisotopic (exact) mass is 280 g/mol. The molecule has 3 rings (SSSR count). The Morgan fingerprint density at radius 1 is 1.17 bits per heavy atom. The molecule has 0 atom stereocenters. The first-order chi connectivity index (χ1) is 8.70. The predicted molar refractivity (Wildman–Crippen MR) is 76.3 cm³/mol. The summed E-state index contributed by atoms with van der Waals surface area (Å²) in [7, 11) is 0. The van der Waals surface area contributed by atoms with E-state index >= 15 is 0 Å². The van der Waals surface area contributed by atoms with Crippen molar-refractivity contribution in [3.63, 3.8) is 0 Å². The standard InChI is InChI=1S/C14H14Cl2N2/c15-8-5-11(16)14-10(7-17)9-3-1-2-4-12(9)18-13(14)6-8/h5-6H,1-4,7,17H2. The smallest absolute Gasteiger partial charge is 0.0738 e. The average Bonchev–Trinajstić information content (AvgIpc) is 2.35. The largest absolute Gasteiger partial charge is 0.326 e. The Morgan fingerprint density at radius 3 is 2.72 bits per heavy atom. The van der Waals surface area contributed by atoms with E-state index in [4.69, 9.17) is 33.9 Å². The van der Waals surface area contributed by atoms with Gasteiger partial charge < -0.3 is 5.73 Å². The molecule has 0 unspecified atom stereocenters. The van der Waals surface area contributed by atoms with Gasteiger partial charge in [-0.25, -0.2) is 0 Å². The molecule has 2 nitrogen and oxygen atoms in total. The molecule has 1 aliphatic carbocycles. The molecule has 0 fully saturated rings. The van der Waals surface area contributed by atoms with Gasteiger partial charge in [-0.05, 0) is 48.9 Å². The molecule has 4 heteroatoms. The average molecular weight is 281 g/mol. The van der Waals surface area contributed by atoms with Gasteiger partial charge in [0.1, 0.15) is 0 Å². The lowest BCUT2D eigenvalue weighted by atomic mass is 9.90. The SMILES string of the molecule is NCc1c2c(nc3cc(Cl)cc(Cl)c13)CCCC2. The van der Waals surface area contributed by atoms with Crippen LogP contribution in [0.2, 0.25) is 10.0 Å². The van der Waals surface area contributed by atoms with Crippen LogP contribution < -0.4 is 5.73 Å². The minimum Gasteiger partial charge on any atom is -0.326 e. The van der Waals surface area contributed by atoms with Crippen molar-refractivity contribution in [3.05, 3.63) is 39.0 Å². The maximum absolute atomic E-state index is 6.31. The van der Waals surface area contributed by atoms with Crippen LogP contribution in [0.1, 0.15) is 29.7 Å². The summed E-state index contributed by atoms with van der Waals surface area (Å²) in [6, 6.07) is 3.64. The molecular weight excluding hydrogens is 267 g/mol. The van der Waals surface area contributed by atoms with E-state index in [0.717, 1.165) is 29.3 Å². The van der Waals surface area contributed by atoms with Crippen molar-refractivity contribution in [2.45, 2.75) is 32.2 Å². The highest BCUT2D eigenvalue weighted by atomic mass is 35.5. The van der Waals surface area contributed by atoms with Crippen LogP contribution >= 0.6 is 23.2 Å². The van der Waals surface area contributed by atoms with Crippen LogP contribution in [0.4, 0.5) is 0 Å². The van der Waals surface area contributed by atoms with Gasteiger partial charge in [-0.15, -0.1) is 0 Å². The fourth-order valence-corrected chi connectivity index (χ4v) is 3.40. The number of nitrogens with two attached hydrogens (primary N) is 1. The second kappa shape index (κ2) is 4.69. The summed E-state index contributed by atoms with van der Waals surface area (Å²) < 4.78 is 0. The van der Waals surface area contributed by atoms with Crippen molar-refractivity contribution in [2.24, 2.45) is 5.73 Å². The van der Waals surface area contributed by atoms with Crippen LogP contribution in [0.25, 0.3) is 10.9 Å². The Hall–Kier alpha value is -0.830. The van der Waals surface area contributed by atoms with Crippen LogP contribution in [0.3, 0.4) is 0 Å². The van der Waals surface area contributed by atoms with Crippen molar-refractivity contribution in [1.82, 2.24) is 4.98 Å². The van der Waals surface area contributed by atoms with Gasteiger partial charge in [0, 0.05) is 22.6 Å². The van der Waals surface area contributed by atoms with Gasteiger partial charge in [-0.3, -0.25) is 4.98 Å². The van der Waals surface area contributed by atoms with Gasteiger partial charge in [-0.2, -0.15) is 0 Å². The second-order valence-electron chi connectivity index (χ2n) is 4.71. The van der Waals surface area contributed by atoms with Gasteiger partial charge in [0.2, 0.25) is 0 Å². The third-order valence-corrected chi connectivity index (χ3v) is 4.11. The normalized spacial score (nSPS) is 14.8. The fraction of sp³-hybridized carbons (Fsp3) is 0.357. The highest BCUT2D eigenvalue weighted by Gasteiger charge is 2.19. The van der Waals surface area contributed by atoms with Crippen LogP contribution in [0.15, 0.2) is 12.1 Å². The molecule has 2 N–H and O–H groups in total. The van der Waals surface area contributed by atoms with Crippen LogP contribution in [0.5, 0.6) is 0 Å². The molecule has 2 aromatic rings. The maximum atomic E-state index is 6.31. The number of halogens is 2.